The number of carbonyl (C=O) groups excluding carboxylic acids is 1. The number of methoxy groups -OCH3 is 2. The first-order chi connectivity index (χ1) is 13.0. The zero-order valence-corrected chi connectivity index (χ0v) is 16.6. The largest absolute Gasteiger partial charge is 0.493 e. The molecule has 0 spiro atoms. The van der Waals surface area contributed by atoms with Crippen LogP contribution in [0.25, 0.3) is 0 Å². The first-order valence-electron chi connectivity index (χ1n) is 8.45. The summed E-state index contributed by atoms with van der Waals surface area (Å²) >= 11 is 0. The summed E-state index contributed by atoms with van der Waals surface area (Å²) in [6.45, 7) is 1.08. The molecule has 0 atom stereocenters. The third kappa shape index (κ3) is 5.58. The van der Waals surface area contributed by atoms with Crippen molar-refractivity contribution in [2.24, 2.45) is 5.73 Å². The average Bonchev–Trinajstić information content (AvgIpc) is 2.70. The molecule has 2 aromatic rings. The zero-order chi connectivity index (χ0) is 19.8. The van der Waals surface area contributed by atoms with Crippen molar-refractivity contribution < 1.29 is 19.2 Å². The molecule has 0 radical (unpaired) electrons. The molecule has 2 N–H and O–H groups in total. The van der Waals surface area contributed by atoms with Crippen LogP contribution >= 0.6 is 12.4 Å². The highest BCUT2D eigenvalue weighted by molar-refractivity contribution is 5.96. The molecule has 2 rings (SSSR count). The van der Waals surface area contributed by atoms with E-state index in [0.29, 0.717) is 19.5 Å². The van der Waals surface area contributed by atoms with E-state index >= 15 is 0 Å². The fraction of sp³-hybridized carbons (Fsp3) is 0.316. The number of nitro benzene ring substituents is 1. The van der Waals surface area contributed by atoms with Crippen LogP contribution in [-0.4, -0.2) is 49.6 Å². The SMILES string of the molecule is COc1cc(C(=O)N(CCN)CCc2ccccc2)cc([N+](=O)[O-])c1OC.Cl. The molecule has 0 aliphatic carbocycles. The van der Waals surface area contributed by atoms with E-state index in [1.54, 1.807) is 4.90 Å². The zero-order valence-electron chi connectivity index (χ0n) is 15.8. The molecule has 0 aromatic heterocycles. The van der Waals surface area contributed by atoms with Crippen LogP contribution in [0.5, 0.6) is 11.5 Å². The van der Waals surface area contributed by atoms with Crippen molar-refractivity contribution in [2.45, 2.75) is 6.42 Å². The van der Waals surface area contributed by atoms with Gasteiger partial charge < -0.3 is 20.1 Å². The van der Waals surface area contributed by atoms with E-state index in [9.17, 15) is 14.9 Å². The number of halogens is 1. The predicted molar refractivity (Wildman–Crippen MR) is 109 cm³/mol. The van der Waals surface area contributed by atoms with Crippen LogP contribution in [0.3, 0.4) is 0 Å². The second-order valence-corrected chi connectivity index (χ2v) is 5.80. The van der Waals surface area contributed by atoms with E-state index in [1.165, 1.54) is 26.4 Å². The van der Waals surface area contributed by atoms with Crippen LogP contribution < -0.4 is 15.2 Å². The quantitative estimate of drug-likeness (QED) is 0.504. The van der Waals surface area contributed by atoms with Crippen LogP contribution in [0.4, 0.5) is 5.69 Å². The van der Waals surface area contributed by atoms with Crippen molar-refractivity contribution in [2.75, 3.05) is 33.9 Å². The van der Waals surface area contributed by atoms with E-state index in [1.807, 2.05) is 30.3 Å². The highest BCUT2D eigenvalue weighted by Gasteiger charge is 2.25. The van der Waals surface area contributed by atoms with Gasteiger partial charge in [-0.1, -0.05) is 30.3 Å². The Morgan fingerprint density at radius 3 is 2.36 bits per heavy atom. The number of hydrogen-bond acceptors (Lipinski definition) is 6. The number of nitro groups is 1. The molecule has 0 aliphatic rings. The summed E-state index contributed by atoms with van der Waals surface area (Å²) in [6.07, 6.45) is 0.655. The van der Waals surface area contributed by atoms with Crippen molar-refractivity contribution in [1.29, 1.82) is 0 Å². The molecular weight excluding hydrogens is 386 g/mol. The number of hydrogen-bond donors (Lipinski definition) is 1. The predicted octanol–water partition coefficient (Wildman–Crippen LogP) is 2.68. The van der Waals surface area contributed by atoms with Gasteiger partial charge in [0.2, 0.25) is 5.75 Å². The van der Waals surface area contributed by atoms with Gasteiger partial charge >= 0.3 is 5.69 Å². The van der Waals surface area contributed by atoms with Gasteiger partial charge in [0.05, 0.1) is 24.7 Å². The highest BCUT2D eigenvalue weighted by atomic mass is 35.5. The number of benzene rings is 2. The van der Waals surface area contributed by atoms with Gasteiger partial charge in [0.15, 0.2) is 5.75 Å². The molecule has 0 saturated heterocycles. The summed E-state index contributed by atoms with van der Waals surface area (Å²) in [4.78, 5) is 25.3. The van der Waals surface area contributed by atoms with E-state index in [2.05, 4.69) is 0 Å². The highest BCUT2D eigenvalue weighted by Crippen LogP contribution is 2.38. The second kappa shape index (κ2) is 11.1. The summed E-state index contributed by atoms with van der Waals surface area (Å²) in [7, 11) is 2.68. The minimum atomic E-state index is -0.602. The van der Waals surface area contributed by atoms with Crippen LogP contribution in [0.15, 0.2) is 42.5 Å². The maximum Gasteiger partial charge on any atom is 0.315 e. The molecule has 28 heavy (non-hydrogen) atoms. The molecule has 152 valence electrons. The van der Waals surface area contributed by atoms with Crippen molar-refractivity contribution in [3.8, 4) is 11.5 Å². The Morgan fingerprint density at radius 1 is 1.14 bits per heavy atom. The van der Waals surface area contributed by atoms with Crippen molar-refractivity contribution in [1.82, 2.24) is 4.90 Å². The van der Waals surface area contributed by atoms with Crippen molar-refractivity contribution >= 4 is 24.0 Å². The van der Waals surface area contributed by atoms with Gasteiger partial charge in [0.25, 0.3) is 5.91 Å². The van der Waals surface area contributed by atoms with Crippen molar-refractivity contribution in [3.63, 3.8) is 0 Å². The summed E-state index contributed by atoms with van der Waals surface area (Å²) in [6, 6.07) is 12.4. The summed E-state index contributed by atoms with van der Waals surface area (Å²) in [5, 5.41) is 11.4. The molecule has 0 unspecified atom stereocenters. The normalized spacial score (nSPS) is 9.96. The second-order valence-electron chi connectivity index (χ2n) is 5.80. The number of amides is 1. The molecule has 1 amide bonds. The first-order valence-corrected chi connectivity index (χ1v) is 8.45. The third-order valence-corrected chi connectivity index (χ3v) is 4.10. The van der Waals surface area contributed by atoms with Crippen molar-refractivity contribution in [3.05, 3.63) is 63.7 Å². The van der Waals surface area contributed by atoms with Crippen LogP contribution in [0.2, 0.25) is 0 Å². The maximum absolute atomic E-state index is 13.0. The minimum absolute atomic E-state index is 0. The molecule has 0 saturated carbocycles. The fourth-order valence-corrected chi connectivity index (χ4v) is 2.77. The third-order valence-electron chi connectivity index (χ3n) is 4.10. The fourth-order valence-electron chi connectivity index (χ4n) is 2.77. The summed E-state index contributed by atoms with van der Waals surface area (Å²) < 4.78 is 10.2. The maximum atomic E-state index is 13.0. The topological polar surface area (TPSA) is 108 Å². The van der Waals surface area contributed by atoms with Crippen LogP contribution in [0, 0.1) is 10.1 Å². The van der Waals surface area contributed by atoms with Gasteiger partial charge in [-0.05, 0) is 18.1 Å². The number of ether oxygens (including phenoxy) is 2. The molecule has 0 bridgehead atoms. The lowest BCUT2D eigenvalue weighted by Crippen LogP contribution is -2.37. The van der Waals surface area contributed by atoms with E-state index < -0.39 is 4.92 Å². The molecule has 0 fully saturated rings. The summed E-state index contributed by atoms with van der Waals surface area (Å²) in [5.41, 5.74) is 6.57. The number of rotatable bonds is 9. The lowest BCUT2D eigenvalue weighted by molar-refractivity contribution is -0.385. The van der Waals surface area contributed by atoms with Gasteiger partial charge in [0, 0.05) is 25.7 Å². The molecule has 9 heteroatoms. The number of nitrogens with zero attached hydrogens (tertiary/aromatic N) is 2. The molecule has 2 aromatic carbocycles. The van der Waals surface area contributed by atoms with Crippen LogP contribution in [-0.2, 0) is 6.42 Å². The Bertz CT molecular complexity index is 802. The standard InChI is InChI=1S/C19H23N3O5.ClH/c1-26-17-13-15(12-16(22(24)25)18(17)27-2)19(23)21(11-9-20)10-8-14-6-4-3-5-7-14;/h3-7,12-13H,8-11,20H2,1-2H3;1H. The number of carbonyl (C=O) groups is 1. The number of nitrogens with two attached hydrogens (primary N) is 1. The average molecular weight is 410 g/mol. The Labute approximate surface area is 169 Å². The van der Waals surface area contributed by atoms with E-state index in [0.717, 1.165) is 5.56 Å². The first kappa shape index (κ1) is 23.2. The molecule has 0 aliphatic heterocycles. The molecular formula is C19H24ClN3O5. The van der Waals surface area contributed by atoms with E-state index in [-0.39, 0.29) is 47.6 Å². The van der Waals surface area contributed by atoms with Gasteiger partial charge in [-0.3, -0.25) is 14.9 Å². The Hall–Kier alpha value is -2.84. The molecule has 8 nitrogen and oxygen atoms in total. The lowest BCUT2D eigenvalue weighted by Gasteiger charge is -2.22. The smallest absolute Gasteiger partial charge is 0.315 e. The Morgan fingerprint density at radius 2 is 1.82 bits per heavy atom. The van der Waals surface area contributed by atoms with Gasteiger partial charge in [-0.15, -0.1) is 12.4 Å². The monoisotopic (exact) mass is 409 g/mol. The Balaban J connectivity index is 0.00000392. The molecule has 0 heterocycles. The van der Waals surface area contributed by atoms with Gasteiger partial charge in [0.1, 0.15) is 0 Å². The minimum Gasteiger partial charge on any atom is -0.493 e. The van der Waals surface area contributed by atoms with Gasteiger partial charge in [-0.25, -0.2) is 0 Å². The van der Waals surface area contributed by atoms with Gasteiger partial charge in [-0.2, -0.15) is 0 Å². The Kier molecular flexibility index (Phi) is 9.20. The summed E-state index contributed by atoms with van der Waals surface area (Å²) in [5.74, 6) is -0.236. The lowest BCUT2D eigenvalue weighted by atomic mass is 10.1. The van der Waals surface area contributed by atoms with E-state index in [4.69, 9.17) is 15.2 Å². The van der Waals surface area contributed by atoms with Crippen LogP contribution in [0.1, 0.15) is 15.9 Å².